The van der Waals surface area contributed by atoms with Crippen molar-refractivity contribution in [2.75, 3.05) is 0 Å². The SMILES string of the molecule is O=c1[nH]c(-c2ccc(C(F)(F)F)cc2)nc2c1ccn2-c1ccccc1. The second kappa shape index (κ2) is 5.87. The number of nitrogens with zero attached hydrogens (tertiary/aromatic N) is 2. The van der Waals surface area contributed by atoms with Gasteiger partial charge in [-0.05, 0) is 30.3 Å². The maximum atomic E-state index is 12.7. The quantitative estimate of drug-likeness (QED) is 0.579. The van der Waals surface area contributed by atoms with Gasteiger partial charge in [-0.2, -0.15) is 13.2 Å². The average Bonchev–Trinajstić information content (AvgIpc) is 3.06. The molecule has 130 valence electrons. The van der Waals surface area contributed by atoms with Crippen LogP contribution in [0.15, 0.2) is 71.7 Å². The Morgan fingerprint density at radius 2 is 1.62 bits per heavy atom. The molecule has 0 spiro atoms. The van der Waals surface area contributed by atoms with Gasteiger partial charge in [0.2, 0.25) is 0 Å². The van der Waals surface area contributed by atoms with Crippen LogP contribution in [-0.2, 0) is 6.18 Å². The van der Waals surface area contributed by atoms with E-state index in [0.29, 0.717) is 16.6 Å². The first-order valence-corrected chi connectivity index (χ1v) is 7.78. The Morgan fingerprint density at radius 3 is 2.27 bits per heavy atom. The van der Waals surface area contributed by atoms with Crippen molar-refractivity contribution >= 4 is 11.0 Å². The second-order valence-electron chi connectivity index (χ2n) is 5.75. The van der Waals surface area contributed by atoms with Crippen LogP contribution in [0.25, 0.3) is 28.1 Å². The lowest BCUT2D eigenvalue weighted by molar-refractivity contribution is -0.137. The van der Waals surface area contributed by atoms with Crippen LogP contribution in [0.3, 0.4) is 0 Å². The van der Waals surface area contributed by atoms with Crippen LogP contribution in [-0.4, -0.2) is 14.5 Å². The van der Waals surface area contributed by atoms with Gasteiger partial charge in [0.05, 0.1) is 10.9 Å². The summed E-state index contributed by atoms with van der Waals surface area (Å²) < 4.78 is 39.9. The van der Waals surface area contributed by atoms with Crippen molar-refractivity contribution < 1.29 is 13.2 Å². The summed E-state index contributed by atoms with van der Waals surface area (Å²) in [7, 11) is 0. The monoisotopic (exact) mass is 355 g/mol. The molecule has 0 unspecified atom stereocenters. The number of rotatable bonds is 2. The van der Waals surface area contributed by atoms with Crippen molar-refractivity contribution in [1.29, 1.82) is 0 Å². The summed E-state index contributed by atoms with van der Waals surface area (Å²) in [4.78, 5) is 19.4. The third kappa shape index (κ3) is 2.77. The lowest BCUT2D eigenvalue weighted by Gasteiger charge is -2.08. The first-order chi connectivity index (χ1) is 12.4. The van der Waals surface area contributed by atoms with Gasteiger partial charge in [-0.15, -0.1) is 0 Å². The van der Waals surface area contributed by atoms with Crippen molar-refractivity contribution in [3.05, 3.63) is 82.8 Å². The van der Waals surface area contributed by atoms with Gasteiger partial charge in [0, 0.05) is 17.4 Å². The van der Waals surface area contributed by atoms with Gasteiger partial charge in [0.25, 0.3) is 5.56 Å². The maximum absolute atomic E-state index is 12.7. The summed E-state index contributed by atoms with van der Waals surface area (Å²) in [6, 6.07) is 15.5. The molecule has 2 aromatic carbocycles. The van der Waals surface area contributed by atoms with Gasteiger partial charge < -0.3 is 9.55 Å². The Labute approximate surface area is 145 Å². The van der Waals surface area contributed by atoms with E-state index < -0.39 is 11.7 Å². The highest BCUT2D eigenvalue weighted by Crippen LogP contribution is 2.30. The summed E-state index contributed by atoms with van der Waals surface area (Å²) in [6.07, 6.45) is -2.68. The molecule has 0 fully saturated rings. The third-order valence-electron chi connectivity index (χ3n) is 4.07. The molecule has 0 amide bonds. The van der Waals surface area contributed by atoms with Crippen molar-refractivity contribution in [2.24, 2.45) is 0 Å². The summed E-state index contributed by atoms with van der Waals surface area (Å²) in [6.45, 7) is 0. The van der Waals surface area contributed by atoms with Gasteiger partial charge in [-0.1, -0.05) is 30.3 Å². The van der Waals surface area contributed by atoms with E-state index in [9.17, 15) is 18.0 Å². The third-order valence-corrected chi connectivity index (χ3v) is 4.07. The zero-order valence-electron chi connectivity index (χ0n) is 13.3. The molecule has 4 aromatic rings. The number of aromatic amines is 1. The average molecular weight is 355 g/mol. The largest absolute Gasteiger partial charge is 0.416 e. The first-order valence-electron chi connectivity index (χ1n) is 7.78. The fourth-order valence-corrected chi connectivity index (χ4v) is 2.77. The van der Waals surface area contributed by atoms with E-state index in [-0.39, 0.29) is 11.4 Å². The van der Waals surface area contributed by atoms with E-state index in [0.717, 1.165) is 17.8 Å². The Balaban J connectivity index is 1.86. The number of nitrogens with one attached hydrogen (secondary N) is 1. The Hall–Kier alpha value is -3.35. The van der Waals surface area contributed by atoms with Crippen LogP contribution in [0.2, 0.25) is 0 Å². The summed E-state index contributed by atoms with van der Waals surface area (Å²) in [5, 5.41) is 0.407. The molecule has 0 saturated heterocycles. The van der Waals surface area contributed by atoms with E-state index in [1.807, 2.05) is 30.3 Å². The van der Waals surface area contributed by atoms with Crippen molar-refractivity contribution in [3.8, 4) is 17.1 Å². The van der Waals surface area contributed by atoms with Gasteiger partial charge in [0.1, 0.15) is 5.82 Å². The van der Waals surface area contributed by atoms with Gasteiger partial charge in [-0.25, -0.2) is 4.98 Å². The minimum Gasteiger partial charge on any atom is -0.306 e. The second-order valence-corrected chi connectivity index (χ2v) is 5.75. The zero-order valence-corrected chi connectivity index (χ0v) is 13.3. The zero-order chi connectivity index (χ0) is 18.3. The predicted octanol–water partition coefficient (Wildman–Crippen LogP) is 4.40. The van der Waals surface area contributed by atoms with Crippen molar-refractivity contribution in [2.45, 2.75) is 6.18 Å². The first kappa shape index (κ1) is 16.1. The molecule has 0 radical (unpaired) electrons. The predicted molar refractivity (Wildman–Crippen MR) is 92.1 cm³/mol. The molecule has 4 nitrogen and oxygen atoms in total. The number of benzene rings is 2. The minimum absolute atomic E-state index is 0.215. The number of fused-ring (bicyclic) bond motifs is 1. The number of hydrogen-bond acceptors (Lipinski definition) is 2. The Kier molecular flexibility index (Phi) is 3.64. The molecule has 0 aliphatic heterocycles. The van der Waals surface area contributed by atoms with Crippen molar-refractivity contribution in [3.63, 3.8) is 0 Å². The molecular weight excluding hydrogens is 343 g/mol. The molecule has 2 aromatic heterocycles. The number of alkyl halides is 3. The van der Waals surface area contributed by atoms with Crippen molar-refractivity contribution in [1.82, 2.24) is 14.5 Å². The number of H-pyrrole nitrogens is 1. The van der Waals surface area contributed by atoms with Gasteiger partial charge in [-0.3, -0.25) is 4.79 Å². The van der Waals surface area contributed by atoms with E-state index in [1.165, 1.54) is 12.1 Å². The lowest BCUT2D eigenvalue weighted by Crippen LogP contribution is -2.10. The van der Waals surface area contributed by atoms with Gasteiger partial charge >= 0.3 is 6.18 Å². The smallest absolute Gasteiger partial charge is 0.306 e. The van der Waals surface area contributed by atoms with E-state index in [2.05, 4.69) is 9.97 Å². The van der Waals surface area contributed by atoms with Crippen LogP contribution in [0.5, 0.6) is 0 Å². The maximum Gasteiger partial charge on any atom is 0.416 e. The molecule has 0 saturated carbocycles. The van der Waals surface area contributed by atoms with E-state index in [1.54, 1.807) is 16.8 Å². The Bertz CT molecular complexity index is 1130. The van der Waals surface area contributed by atoms with Crippen LogP contribution >= 0.6 is 0 Å². The highest BCUT2D eigenvalue weighted by Gasteiger charge is 2.30. The standard InChI is InChI=1S/C19H12F3N3O/c20-19(21,22)13-8-6-12(7-9-13)16-23-17-15(18(26)24-16)10-11-25(17)14-4-2-1-3-5-14/h1-11H,(H,23,24,26). The fourth-order valence-electron chi connectivity index (χ4n) is 2.77. The highest BCUT2D eigenvalue weighted by molar-refractivity contribution is 5.79. The highest BCUT2D eigenvalue weighted by atomic mass is 19.4. The number of para-hydroxylation sites is 1. The van der Waals surface area contributed by atoms with Crippen LogP contribution < -0.4 is 5.56 Å². The molecule has 0 aliphatic rings. The van der Waals surface area contributed by atoms with Crippen LogP contribution in [0.4, 0.5) is 13.2 Å². The summed E-state index contributed by atoms with van der Waals surface area (Å²) >= 11 is 0. The summed E-state index contributed by atoms with van der Waals surface area (Å²) in [5.74, 6) is 0.215. The summed E-state index contributed by atoms with van der Waals surface area (Å²) in [5.41, 5.74) is 0.573. The fraction of sp³-hybridized carbons (Fsp3) is 0.0526. The molecule has 0 aliphatic carbocycles. The number of aromatic nitrogens is 3. The van der Waals surface area contributed by atoms with E-state index >= 15 is 0 Å². The van der Waals surface area contributed by atoms with Crippen LogP contribution in [0, 0.1) is 0 Å². The molecule has 4 rings (SSSR count). The molecule has 7 heteroatoms. The minimum atomic E-state index is -4.41. The lowest BCUT2D eigenvalue weighted by atomic mass is 10.1. The molecule has 0 atom stereocenters. The number of hydrogen-bond donors (Lipinski definition) is 1. The Morgan fingerprint density at radius 1 is 0.923 bits per heavy atom. The molecule has 2 heterocycles. The van der Waals surface area contributed by atoms with Crippen LogP contribution in [0.1, 0.15) is 5.56 Å². The normalized spacial score (nSPS) is 11.8. The molecule has 1 N–H and O–H groups in total. The molecule has 26 heavy (non-hydrogen) atoms. The van der Waals surface area contributed by atoms with Gasteiger partial charge in [0.15, 0.2) is 5.65 Å². The molecule has 0 bridgehead atoms. The van der Waals surface area contributed by atoms with E-state index in [4.69, 9.17) is 0 Å². The number of halogens is 3. The molecular formula is C19H12F3N3O. The topological polar surface area (TPSA) is 50.7 Å².